The van der Waals surface area contributed by atoms with Crippen LogP contribution in [0, 0.1) is 0 Å². The highest BCUT2D eigenvalue weighted by Gasteiger charge is 2.26. The van der Waals surface area contributed by atoms with Crippen LogP contribution in [0.25, 0.3) is 0 Å². The number of halogens is 4. The van der Waals surface area contributed by atoms with Crippen molar-refractivity contribution >= 4 is 15.9 Å². The molecule has 0 radical (unpaired) electrons. The summed E-state index contributed by atoms with van der Waals surface area (Å²) in [6.07, 6.45) is -4.89. The van der Waals surface area contributed by atoms with Gasteiger partial charge in [-0.15, -0.1) is 0 Å². The van der Waals surface area contributed by atoms with E-state index in [9.17, 15) is 13.2 Å². The largest absolute Gasteiger partial charge is 0.390 e. The highest BCUT2D eigenvalue weighted by molar-refractivity contribution is 9.10. The number of benzene rings is 1. The molecule has 90 valence electrons. The Labute approximate surface area is 101 Å². The van der Waals surface area contributed by atoms with Crippen molar-refractivity contribution in [2.24, 2.45) is 0 Å². The molecule has 1 aromatic rings. The van der Waals surface area contributed by atoms with Gasteiger partial charge in [-0.2, -0.15) is 13.2 Å². The Balaban J connectivity index is 2.44. The summed E-state index contributed by atoms with van der Waals surface area (Å²) >= 11 is 3.32. The SMILES string of the molecule is C[C@@H](NCCC(F)(F)F)c1cccc(Br)c1. The highest BCUT2D eigenvalue weighted by Crippen LogP contribution is 2.20. The van der Waals surface area contributed by atoms with Gasteiger partial charge in [-0.25, -0.2) is 0 Å². The smallest absolute Gasteiger partial charge is 0.310 e. The standard InChI is InChI=1S/C11H13BrF3N/c1-8(16-6-5-11(13,14)15)9-3-2-4-10(12)7-9/h2-4,7-8,16H,5-6H2,1H3/t8-/m1/s1. The second kappa shape index (κ2) is 5.68. The van der Waals surface area contributed by atoms with Gasteiger partial charge in [0.2, 0.25) is 0 Å². The van der Waals surface area contributed by atoms with E-state index in [0.29, 0.717) is 0 Å². The maximum Gasteiger partial charge on any atom is 0.390 e. The van der Waals surface area contributed by atoms with Gasteiger partial charge in [-0.3, -0.25) is 0 Å². The second-order valence-electron chi connectivity index (χ2n) is 3.60. The minimum atomic E-state index is -4.09. The first-order valence-corrected chi connectivity index (χ1v) is 5.73. The van der Waals surface area contributed by atoms with Crippen molar-refractivity contribution in [3.63, 3.8) is 0 Å². The van der Waals surface area contributed by atoms with Crippen LogP contribution in [-0.2, 0) is 0 Å². The van der Waals surface area contributed by atoms with Crippen molar-refractivity contribution in [1.82, 2.24) is 5.32 Å². The van der Waals surface area contributed by atoms with Gasteiger partial charge >= 0.3 is 6.18 Å². The summed E-state index contributed by atoms with van der Waals surface area (Å²) in [4.78, 5) is 0. The van der Waals surface area contributed by atoms with Crippen molar-refractivity contribution in [3.05, 3.63) is 34.3 Å². The van der Waals surface area contributed by atoms with Crippen LogP contribution in [0.15, 0.2) is 28.7 Å². The average molecular weight is 296 g/mol. The maximum atomic E-state index is 11.9. The van der Waals surface area contributed by atoms with E-state index in [1.165, 1.54) is 0 Å². The molecule has 0 fully saturated rings. The molecule has 0 aliphatic heterocycles. The van der Waals surface area contributed by atoms with Crippen LogP contribution in [0.4, 0.5) is 13.2 Å². The zero-order valence-electron chi connectivity index (χ0n) is 8.81. The summed E-state index contributed by atoms with van der Waals surface area (Å²) < 4.78 is 36.7. The molecule has 1 N–H and O–H groups in total. The summed E-state index contributed by atoms with van der Waals surface area (Å²) in [6.45, 7) is 1.79. The van der Waals surface area contributed by atoms with Crippen LogP contribution >= 0.6 is 15.9 Å². The van der Waals surface area contributed by atoms with Crippen LogP contribution in [-0.4, -0.2) is 12.7 Å². The molecule has 1 atom stereocenters. The quantitative estimate of drug-likeness (QED) is 0.883. The molecule has 1 aromatic carbocycles. The number of hydrogen-bond donors (Lipinski definition) is 1. The van der Waals surface area contributed by atoms with E-state index in [0.717, 1.165) is 10.0 Å². The molecule has 1 nitrogen and oxygen atoms in total. The fraction of sp³-hybridized carbons (Fsp3) is 0.455. The van der Waals surface area contributed by atoms with Crippen LogP contribution in [0.3, 0.4) is 0 Å². The lowest BCUT2D eigenvalue weighted by Crippen LogP contribution is -2.24. The summed E-state index contributed by atoms with van der Waals surface area (Å²) in [7, 11) is 0. The molecule has 0 bridgehead atoms. The van der Waals surface area contributed by atoms with Gasteiger partial charge in [0.1, 0.15) is 0 Å². The summed E-state index contributed by atoms with van der Waals surface area (Å²) in [5, 5.41) is 2.84. The lowest BCUT2D eigenvalue weighted by Gasteiger charge is -2.15. The molecule has 0 heterocycles. The number of alkyl halides is 3. The van der Waals surface area contributed by atoms with Crippen molar-refractivity contribution in [2.75, 3.05) is 6.54 Å². The third-order valence-corrected chi connectivity index (χ3v) is 2.70. The van der Waals surface area contributed by atoms with Crippen LogP contribution in [0.1, 0.15) is 24.9 Å². The molecule has 0 saturated heterocycles. The predicted octanol–water partition coefficient (Wildman–Crippen LogP) is 4.05. The van der Waals surface area contributed by atoms with Crippen molar-refractivity contribution in [3.8, 4) is 0 Å². The first-order valence-electron chi connectivity index (χ1n) is 4.94. The van der Waals surface area contributed by atoms with E-state index in [2.05, 4.69) is 21.2 Å². The topological polar surface area (TPSA) is 12.0 Å². The zero-order valence-corrected chi connectivity index (χ0v) is 10.4. The predicted molar refractivity (Wildman–Crippen MR) is 61.2 cm³/mol. The lowest BCUT2D eigenvalue weighted by atomic mass is 10.1. The monoisotopic (exact) mass is 295 g/mol. The van der Waals surface area contributed by atoms with Crippen molar-refractivity contribution in [2.45, 2.75) is 25.6 Å². The molecule has 0 saturated carbocycles. The molecule has 0 aliphatic rings. The van der Waals surface area contributed by atoms with Gasteiger partial charge in [0.25, 0.3) is 0 Å². The Morgan fingerprint density at radius 3 is 2.62 bits per heavy atom. The Morgan fingerprint density at radius 1 is 1.38 bits per heavy atom. The fourth-order valence-electron chi connectivity index (χ4n) is 1.32. The first kappa shape index (κ1) is 13.5. The molecule has 0 amide bonds. The molecule has 0 spiro atoms. The van der Waals surface area contributed by atoms with Gasteiger partial charge in [0, 0.05) is 17.1 Å². The van der Waals surface area contributed by atoms with Gasteiger partial charge < -0.3 is 5.32 Å². The maximum absolute atomic E-state index is 11.9. The molecule has 0 aliphatic carbocycles. The van der Waals surface area contributed by atoms with Gasteiger partial charge in [-0.1, -0.05) is 28.1 Å². The molecular formula is C11H13BrF3N. The number of hydrogen-bond acceptors (Lipinski definition) is 1. The Kier molecular flexibility index (Phi) is 4.80. The fourth-order valence-corrected chi connectivity index (χ4v) is 1.74. The Morgan fingerprint density at radius 2 is 2.06 bits per heavy atom. The van der Waals surface area contributed by atoms with Crippen LogP contribution in [0.5, 0.6) is 0 Å². The minimum Gasteiger partial charge on any atom is -0.310 e. The van der Waals surface area contributed by atoms with E-state index in [4.69, 9.17) is 0 Å². The number of rotatable bonds is 4. The molecule has 0 aromatic heterocycles. The van der Waals surface area contributed by atoms with E-state index < -0.39 is 12.6 Å². The lowest BCUT2D eigenvalue weighted by molar-refractivity contribution is -0.133. The molecule has 5 heteroatoms. The van der Waals surface area contributed by atoms with Crippen LogP contribution < -0.4 is 5.32 Å². The molecule has 16 heavy (non-hydrogen) atoms. The first-order chi connectivity index (χ1) is 7.38. The zero-order chi connectivity index (χ0) is 12.2. The van der Waals surface area contributed by atoms with E-state index >= 15 is 0 Å². The minimum absolute atomic E-state index is 0.0584. The highest BCUT2D eigenvalue weighted by atomic mass is 79.9. The van der Waals surface area contributed by atoms with Crippen LogP contribution in [0.2, 0.25) is 0 Å². The second-order valence-corrected chi connectivity index (χ2v) is 4.51. The normalized spacial score (nSPS) is 13.8. The van der Waals surface area contributed by atoms with Crippen molar-refractivity contribution < 1.29 is 13.2 Å². The van der Waals surface area contributed by atoms with E-state index in [1.807, 2.05) is 31.2 Å². The molecular weight excluding hydrogens is 283 g/mol. The van der Waals surface area contributed by atoms with Gasteiger partial charge in [0.05, 0.1) is 6.42 Å². The van der Waals surface area contributed by atoms with E-state index in [-0.39, 0.29) is 12.6 Å². The average Bonchev–Trinajstić information content (AvgIpc) is 2.15. The summed E-state index contributed by atoms with van der Waals surface area (Å²) in [5.41, 5.74) is 0.969. The molecule has 0 unspecified atom stereocenters. The van der Waals surface area contributed by atoms with E-state index in [1.54, 1.807) is 0 Å². The number of nitrogens with one attached hydrogen (secondary N) is 1. The third kappa shape index (κ3) is 4.99. The Bertz CT molecular complexity index is 338. The van der Waals surface area contributed by atoms with Gasteiger partial charge in [0.15, 0.2) is 0 Å². The summed E-state index contributed by atoms with van der Waals surface area (Å²) in [5.74, 6) is 0. The van der Waals surface area contributed by atoms with Gasteiger partial charge in [-0.05, 0) is 24.6 Å². The molecule has 1 rings (SSSR count). The summed E-state index contributed by atoms with van der Waals surface area (Å²) in [6, 6.07) is 7.44. The third-order valence-electron chi connectivity index (χ3n) is 2.21. The van der Waals surface area contributed by atoms with Crippen molar-refractivity contribution in [1.29, 1.82) is 0 Å². The Hall–Kier alpha value is -0.550.